The second-order valence-corrected chi connectivity index (χ2v) is 8.04. The van der Waals surface area contributed by atoms with E-state index >= 15 is 0 Å². The van der Waals surface area contributed by atoms with Crippen LogP contribution >= 0.6 is 0 Å². The molecule has 2 N–H and O–H groups in total. The topological polar surface area (TPSA) is 71.3 Å². The maximum Gasteiger partial charge on any atom is 0.352 e. The number of nitrogens with one attached hydrogen (secondary N) is 1. The zero-order valence-corrected chi connectivity index (χ0v) is 16.8. The summed E-state index contributed by atoms with van der Waals surface area (Å²) in [5.41, 5.74) is 1.93. The van der Waals surface area contributed by atoms with Gasteiger partial charge < -0.3 is 15.0 Å². The first-order valence-electron chi connectivity index (χ1n) is 10.3. The summed E-state index contributed by atoms with van der Waals surface area (Å²) < 4.78 is 15.8. The van der Waals surface area contributed by atoms with Crippen LogP contribution in [0.15, 0.2) is 60.7 Å². The molecule has 1 heterocycles. The molecule has 5 rings (SSSR count). The van der Waals surface area contributed by atoms with Gasteiger partial charge in [-0.05, 0) is 47.4 Å². The number of carboxylic acid groups (broad SMARTS) is 1. The molecule has 0 bridgehead atoms. The Morgan fingerprint density at radius 3 is 2.58 bits per heavy atom. The van der Waals surface area contributed by atoms with Crippen LogP contribution in [-0.4, -0.2) is 27.6 Å². The fraction of sp³-hybridized carbons (Fsp3) is 0.200. The van der Waals surface area contributed by atoms with E-state index in [1.165, 1.54) is 12.1 Å². The van der Waals surface area contributed by atoms with Crippen LogP contribution < -0.4 is 5.32 Å². The zero-order chi connectivity index (χ0) is 21.5. The van der Waals surface area contributed by atoms with Gasteiger partial charge in [-0.15, -0.1) is 0 Å². The standard InChI is InChI=1S/C25H21FN2O3/c26-17-8-11-22-20(12-17)21(13-23(29)27-18-9-10-18)24(25(30)31)28(22)14-16-6-3-5-15-4-1-2-7-19(15)16/h1-8,11-12,18H,9-10,13-14H2,(H,27,29)(H,30,31). The predicted molar refractivity (Wildman–Crippen MR) is 117 cm³/mol. The van der Waals surface area contributed by atoms with Gasteiger partial charge >= 0.3 is 5.97 Å². The second-order valence-electron chi connectivity index (χ2n) is 8.04. The number of hydrogen-bond donors (Lipinski definition) is 2. The smallest absolute Gasteiger partial charge is 0.352 e. The molecular formula is C25H21FN2O3. The lowest BCUT2D eigenvalue weighted by Crippen LogP contribution is -2.27. The van der Waals surface area contributed by atoms with E-state index in [0.29, 0.717) is 23.0 Å². The Morgan fingerprint density at radius 1 is 1.03 bits per heavy atom. The first-order valence-corrected chi connectivity index (χ1v) is 10.3. The maximum absolute atomic E-state index is 14.1. The molecule has 1 saturated carbocycles. The number of nitrogens with zero attached hydrogens (tertiary/aromatic N) is 1. The largest absolute Gasteiger partial charge is 0.477 e. The third-order valence-corrected chi connectivity index (χ3v) is 5.82. The number of aromatic nitrogens is 1. The van der Waals surface area contributed by atoms with Crippen molar-refractivity contribution in [1.82, 2.24) is 9.88 Å². The lowest BCUT2D eigenvalue weighted by Gasteiger charge is -2.12. The van der Waals surface area contributed by atoms with Crippen molar-refractivity contribution in [1.29, 1.82) is 0 Å². The lowest BCUT2D eigenvalue weighted by molar-refractivity contribution is -0.120. The number of fused-ring (bicyclic) bond motifs is 2. The van der Waals surface area contributed by atoms with Crippen LogP contribution in [0.2, 0.25) is 0 Å². The van der Waals surface area contributed by atoms with Crippen molar-refractivity contribution < 1.29 is 19.1 Å². The summed E-state index contributed by atoms with van der Waals surface area (Å²) in [4.78, 5) is 24.8. The van der Waals surface area contributed by atoms with Gasteiger partial charge in [-0.25, -0.2) is 9.18 Å². The minimum Gasteiger partial charge on any atom is -0.477 e. The number of benzene rings is 3. The first kappa shape index (κ1) is 19.3. The van der Waals surface area contributed by atoms with Crippen molar-refractivity contribution >= 4 is 33.6 Å². The van der Waals surface area contributed by atoms with Crippen LogP contribution in [0, 0.1) is 5.82 Å². The summed E-state index contributed by atoms with van der Waals surface area (Å²) >= 11 is 0. The van der Waals surface area contributed by atoms with E-state index in [-0.39, 0.29) is 24.1 Å². The average Bonchev–Trinajstić information content (AvgIpc) is 3.51. The SMILES string of the molecule is O=C(Cc1c(C(=O)O)n(Cc2cccc3ccccc23)c2ccc(F)cc12)NC1CC1. The Labute approximate surface area is 178 Å². The van der Waals surface area contributed by atoms with Gasteiger partial charge in [0.05, 0.1) is 6.42 Å². The molecule has 1 fully saturated rings. The third-order valence-electron chi connectivity index (χ3n) is 5.82. The molecule has 1 amide bonds. The number of carbonyl (C=O) groups is 2. The van der Waals surface area contributed by atoms with Crippen LogP contribution in [0.4, 0.5) is 4.39 Å². The van der Waals surface area contributed by atoms with Crippen molar-refractivity contribution in [2.45, 2.75) is 31.8 Å². The molecule has 0 aliphatic heterocycles. The minimum absolute atomic E-state index is 0.0273. The molecule has 0 radical (unpaired) electrons. The van der Waals surface area contributed by atoms with Crippen molar-refractivity contribution in [2.24, 2.45) is 0 Å². The Kier molecular flexibility index (Phi) is 4.70. The summed E-state index contributed by atoms with van der Waals surface area (Å²) in [6.07, 6.45) is 1.78. The normalized spacial score (nSPS) is 13.6. The predicted octanol–water partition coefficient (Wildman–Crippen LogP) is 4.50. The summed E-state index contributed by atoms with van der Waals surface area (Å²) in [6, 6.07) is 18.2. The van der Waals surface area contributed by atoms with Crippen molar-refractivity contribution in [3.63, 3.8) is 0 Å². The fourth-order valence-electron chi connectivity index (χ4n) is 4.25. The quantitative estimate of drug-likeness (QED) is 0.486. The van der Waals surface area contributed by atoms with E-state index in [2.05, 4.69) is 5.32 Å². The van der Waals surface area contributed by atoms with Crippen LogP contribution in [0.5, 0.6) is 0 Å². The van der Waals surface area contributed by atoms with Gasteiger partial charge in [-0.2, -0.15) is 0 Å². The van der Waals surface area contributed by atoms with Gasteiger partial charge in [0, 0.05) is 29.1 Å². The molecule has 6 heteroatoms. The average molecular weight is 416 g/mol. The van der Waals surface area contributed by atoms with E-state index in [1.807, 2.05) is 42.5 Å². The Bertz CT molecular complexity index is 1330. The van der Waals surface area contributed by atoms with E-state index < -0.39 is 11.8 Å². The molecule has 3 aromatic carbocycles. The van der Waals surface area contributed by atoms with Gasteiger partial charge in [0.2, 0.25) is 5.91 Å². The number of carboxylic acids is 1. The summed E-state index contributed by atoms with van der Waals surface area (Å²) in [5.74, 6) is -1.83. The van der Waals surface area contributed by atoms with E-state index in [4.69, 9.17) is 0 Å². The molecule has 156 valence electrons. The molecule has 5 nitrogen and oxygen atoms in total. The van der Waals surface area contributed by atoms with E-state index in [0.717, 1.165) is 29.2 Å². The van der Waals surface area contributed by atoms with Gasteiger partial charge in [0.15, 0.2) is 0 Å². The molecule has 0 spiro atoms. The number of hydrogen-bond acceptors (Lipinski definition) is 2. The zero-order valence-electron chi connectivity index (χ0n) is 16.8. The third kappa shape index (κ3) is 3.65. The number of rotatable bonds is 6. The van der Waals surface area contributed by atoms with Crippen LogP contribution in [0.1, 0.15) is 34.5 Å². The Balaban J connectivity index is 1.67. The summed E-state index contributed by atoms with van der Waals surface area (Å²) in [6.45, 7) is 0.301. The van der Waals surface area contributed by atoms with E-state index in [9.17, 15) is 19.1 Å². The number of aromatic carboxylic acids is 1. The number of halogens is 1. The highest BCUT2D eigenvalue weighted by atomic mass is 19.1. The van der Waals surface area contributed by atoms with Crippen LogP contribution in [-0.2, 0) is 17.8 Å². The Hall–Kier alpha value is -3.67. The van der Waals surface area contributed by atoms with Crippen molar-refractivity contribution in [3.8, 4) is 0 Å². The van der Waals surface area contributed by atoms with Gasteiger partial charge in [-0.1, -0.05) is 42.5 Å². The monoisotopic (exact) mass is 416 g/mol. The summed E-state index contributed by atoms with van der Waals surface area (Å²) in [7, 11) is 0. The number of amides is 1. The highest BCUT2D eigenvalue weighted by molar-refractivity contribution is 6.01. The van der Waals surface area contributed by atoms with Gasteiger partial charge in [0.1, 0.15) is 11.5 Å². The van der Waals surface area contributed by atoms with Crippen molar-refractivity contribution in [2.75, 3.05) is 0 Å². The molecule has 1 aliphatic rings. The molecule has 1 aliphatic carbocycles. The van der Waals surface area contributed by atoms with Crippen LogP contribution in [0.25, 0.3) is 21.7 Å². The van der Waals surface area contributed by atoms with Gasteiger partial charge in [-0.3, -0.25) is 4.79 Å². The molecule has 0 unspecified atom stereocenters. The van der Waals surface area contributed by atoms with Crippen molar-refractivity contribution in [3.05, 3.63) is 83.3 Å². The summed E-state index contributed by atoms with van der Waals surface area (Å²) in [5, 5.41) is 15.5. The number of carbonyl (C=O) groups excluding carboxylic acids is 1. The van der Waals surface area contributed by atoms with E-state index in [1.54, 1.807) is 10.6 Å². The second kappa shape index (κ2) is 7.54. The Morgan fingerprint density at radius 2 is 1.81 bits per heavy atom. The minimum atomic E-state index is -1.13. The molecule has 0 atom stereocenters. The molecule has 31 heavy (non-hydrogen) atoms. The highest BCUT2D eigenvalue weighted by Crippen LogP contribution is 2.30. The van der Waals surface area contributed by atoms with Crippen LogP contribution in [0.3, 0.4) is 0 Å². The molecular weight excluding hydrogens is 395 g/mol. The van der Waals surface area contributed by atoms with Gasteiger partial charge in [0.25, 0.3) is 0 Å². The lowest BCUT2D eigenvalue weighted by atomic mass is 10.0. The fourth-order valence-corrected chi connectivity index (χ4v) is 4.25. The maximum atomic E-state index is 14.1. The molecule has 1 aromatic heterocycles. The molecule has 0 saturated heterocycles. The first-order chi connectivity index (χ1) is 15.0. The highest BCUT2D eigenvalue weighted by Gasteiger charge is 2.27. The molecule has 4 aromatic rings.